The van der Waals surface area contributed by atoms with Crippen molar-refractivity contribution in [2.45, 2.75) is 5.33 Å². The molecule has 0 amide bonds. The Morgan fingerprint density at radius 3 is 2.81 bits per heavy atom. The second-order valence-electron chi connectivity index (χ2n) is 2.97. The molecule has 1 rings (SSSR count). The molecule has 0 aliphatic rings. The van der Waals surface area contributed by atoms with Gasteiger partial charge in [-0.05, 0) is 17.2 Å². The first-order valence-electron chi connectivity index (χ1n) is 4.41. The fourth-order valence-corrected chi connectivity index (χ4v) is 2.30. The van der Waals surface area contributed by atoms with Crippen molar-refractivity contribution >= 4 is 39.1 Å². The van der Waals surface area contributed by atoms with Crippen molar-refractivity contribution in [2.24, 2.45) is 0 Å². The molecule has 5 heteroatoms. The third-order valence-corrected chi connectivity index (χ3v) is 2.92. The molecule has 1 aromatic rings. The minimum atomic E-state index is -1.05. The highest BCUT2D eigenvalue weighted by molar-refractivity contribution is 9.08. The Hall–Kier alpha value is -1.000. The molecule has 86 valence electrons. The largest absolute Gasteiger partial charge is 0.503 e. The maximum atomic E-state index is 11.1. The van der Waals surface area contributed by atoms with Crippen LogP contribution in [0, 0.1) is 0 Å². The predicted octanol–water partition coefficient (Wildman–Crippen LogP) is 3.31. The van der Waals surface area contributed by atoms with E-state index in [2.05, 4.69) is 15.9 Å². The lowest BCUT2D eigenvalue weighted by Crippen LogP contribution is -2.03. The normalized spacial score (nSPS) is 11.3. The Balaban J connectivity index is 3.35. The van der Waals surface area contributed by atoms with Crippen LogP contribution in [0.15, 0.2) is 24.5 Å². The van der Waals surface area contributed by atoms with Crippen LogP contribution < -0.4 is 0 Å². The zero-order valence-corrected chi connectivity index (χ0v) is 10.9. The van der Waals surface area contributed by atoms with Gasteiger partial charge in [-0.2, -0.15) is 0 Å². The molecular formula is C11H10BrClO3. The summed E-state index contributed by atoms with van der Waals surface area (Å²) in [6.45, 7) is 0. The summed E-state index contributed by atoms with van der Waals surface area (Å²) in [6.07, 6.45) is 1.19. The zero-order valence-electron chi connectivity index (χ0n) is 8.54. The van der Waals surface area contributed by atoms with E-state index >= 15 is 0 Å². The number of carboxylic acids is 1. The van der Waals surface area contributed by atoms with Gasteiger partial charge in [-0.15, -0.1) is 0 Å². The molecule has 1 aromatic carbocycles. The van der Waals surface area contributed by atoms with Gasteiger partial charge in [-0.25, -0.2) is 4.79 Å². The van der Waals surface area contributed by atoms with Gasteiger partial charge in [0.2, 0.25) is 0 Å². The molecule has 0 aliphatic carbocycles. The van der Waals surface area contributed by atoms with Crippen LogP contribution in [-0.4, -0.2) is 18.2 Å². The van der Waals surface area contributed by atoms with Crippen molar-refractivity contribution in [3.63, 3.8) is 0 Å². The van der Waals surface area contributed by atoms with Gasteiger partial charge in [0, 0.05) is 10.4 Å². The maximum absolute atomic E-state index is 11.1. The number of benzene rings is 1. The van der Waals surface area contributed by atoms with Crippen molar-refractivity contribution < 1.29 is 14.6 Å². The highest BCUT2D eigenvalue weighted by Gasteiger charge is 2.16. The molecule has 0 aliphatic heterocycles. The Labute approximate surface area is 107 Å². The molecule has 0 heterocycles. The molecule has 3 nitrogen and oxygen atoms in total. The third kappa shape index (κ3) is 2.77. The molecule has 0 atom stereocenters. The van der Waals surface area contributed by atoms with E-state index in [1.807, 2.05) is 0 Å². The number of alkyl halides is 1. The van der Waals surface area contributed by atoms with E-state index < -0.39 is 5.97 Å². The van der Waals surface area contributed by atoms with Gasteiger partial charge in [-0.3, -0.25) is 0 Å². The molecule has 0 spiro atoms. The van der Waals surface area contributed by atoms with Gasteiger partial charge < -0.3 is 9.84 Å². The summed E-state index contributed by atoms with van der Waals surface area (Å²) in [5, 5.41) is 10.1. The minimum absolute atomic E-state index is 0.0828. The molecular weight excluding hydrogens is 295 g/mol. The van der Waals surface area contributed by atoms with Crippen LogP contribution in [0.5, 0.6) is 0 Å². The Kier molecular flexibility index (Phi) is 4.83. The van der Waals surface area contributed by atoms with E-state index in [4.69, 9.17) is 21.4 Å². The average molecular weight is 306 g/mol. The quantitative estimate of drug-likeness (QED) is 0.527. The zero-order chi connectivity index (χ0) is 12.1. The monoisotopic (exact) mass is 304 g/mol. The molecule has 0 fully saturated rings. The summed E-state index contributed by atoms with van der Waals surface area (Å²) in [5.41, 5.74) is 1.37. The fraction of sp³-hybridized carbons (Fsp3) is 0.182. The first kappa shape index (κ1) is 13.1. The molecule has 0 saturated carbocycles. The van der Waals surface area contributed by atoms with Gasteiger partial charge >= 0.3 is 5.97 Å². The first-order valence-corrected chi connectivity index (χ1v) is 5.91. The van der Waals surface area contributed by atoms with E-state index in [1.54, 1.807) is 18.2 Å². The lowest BCUT2D eigenvalue weighted by Gasteiger charge is -2.09. The van der Waals surface area contributed by atoms with Gasteiger partial charge in [-0.1, -0.05) is 39.7 Å². The number of halogens is 2. The number of carbonyl (C=O) groups is 1. The maximum Gasteiger partial charge on any atom is 0.339 e. The van der Waals surface area contributed by atoms with Crippen molar-refractivity contribution in [3.8, 4) is 0 Å². The lowest BCUT2D eigenvalue weighted by molar-refractivity contribution is -0.130. The number of ether oxygens (including phenoxy) is 1. The summed E-state index contributed by atoms with van der Waals surface area (Å²) < 4.78 is 4.76. The Morgan fingerprint density at radius 2 is 2.31 bits per heavy atom. The fourth-order valence-electron chi connectivity index (χ4n) is 1.29. The number of methoxy groups -OCH3 is 1. The summed E-state index contributed by atoms with van der Waals surface area (Å²) in [7, 11) is 1.40. The van der Waals surface area contributed by atoms with Crippen LogP contribution >= 0.6 is 27.5 Å². The molecule has 0 radical (unpaired) electrons. The molecule has 0 unspecified atom stereocenters. The van der Waals surface area contributed by atoms with Gasteiger partial charge in [0.1, 0.15) is 5.57 Å². The first-order chi connectivity index (χ1) is 7.61. The standard InChI is InChI=1S/C11H10BrClO3/c1-16-6-9(11(14)15)7-3-2-4-10(13)8(7)5-12/h2-4,6H,5H2,1H3,(H,14,15)/b9-6+. The van der Waals surface area contributed by atoms with Gasteiger partial charge in [0.15, 0.2) is 0 Å². The molecule has 1 N–H and O–H groups in total. The van der Waals surface area contributed by atoms with Crippen molar-refractivity contribution in [1.82, 2.24) is 0 Å². The van der Waals surface area contributed by atoms with Crippen LogP contribution in [0.2, 0.25) is 5.02 Å². The number of aliphatic carboxylic acids is 1. The second-order valence-corrected chi connectivity index (χ2v) is 3.94. The van der Waals surface area contributed by atoms with Crippen molar-refractivity contribution in [2.75, 3.05) is 7.11 Å². The number of carboxylic acid groups (broad SMARTS) is 1. The third-order valence-electron chi connectivity index (χ3n) is 2.01. The van der Waals surface area contributed by atoms with Crippen LogP contribution in [0.25, 0.3) is 5.57 Å². The van der Waals surface area contributed by atoms with Crippen LogP contribution in [0.4, 0.5) is 0 Å². The average Bonchev–Trinajstić information content (AvgIpc) is 2.25. The van der Waals surface area contributed by atoms with E-state index in [0.717, 1.165) is 5.56 Å². The van der Waals surface area contributed by atoms with Crippen molar-refractivity contribution in [1.29, 1.82) is 0 Å². The Morgan fingerprint density at radius 1 is 1.62 bits per heavy atom. The van der Waals surface area contributed by atoms with E-state index in [9.17, 15) is 4.79 Å². The summed E-state index contributed by atoms with van der Waals surface area (Å²) >= 11 is 9.27. The Bertz CT molecular complexity index is 429. The van der Waals surface area contributed by atoms with Crippen LogP contribution in [0.3, 0.4) is 0 Å². The van der Waals surface area contributed by atoms with Crippen LogP contribution in [0.1, 0.15) is 11.1 Å². The van der Waals surface area contributed by atoms with Gasteiger partial charge in [0.25, 0.3) is 0 Å². The van der Waals surface area contributed by atoms with E-state index in [-0.39, 0.29) is 5.57 Å². The highest BCUT2D eigenvalue weighted by Crippen LogP contribution is 2.28. The summed E-state index contributed by atoms with van der Waals surface area (Å²) in [4.78, 5) is 11.1. The highest BCUT2D eigenvalue weighted by atomic mass is 79.9. The predicted molar refractivity (Wildman–Crippen MR) is 66.7 cm³/mol. The van der Waals surface area contributed by atoms with Gasteiger partial charge in [0.05, 0.1) is 13.4 Å². The number of hydrogen-bond acceptors (Lipinski definition) is 2. The minimum Gasteiger partial charge on any atom is -0.503 e. The summed E-state index contributed by atoms with van der Waals surface area (Å²) in [6, 6.07) is 5.12. The second kappa shape index (κ2) is 5.92. The number of rotatable bonds is 4. The van der Waals surface area contributed by atoms with E-state index in [0.29, 0.717) is 15.9 Å². The SMILES string of the molecule is CO/C=C(/C(=O)O)c1cccc(Cl)c1CBr. The molecule has 0 bridgehead atoms. The molecule has 0 aromatic heterocycles. The summed E-state index contributed by atoms with van der Waals surface area (Å²) in [5.74, 6) is -1.05. The lowest BCUT2D eigenvalue weighted by atomic mass is 10.0. The molecule has 16 heavy (non-hydrogen) atoms. The molecule has 0 saturated heterocycles. The van der Waals surface area contributed by atoms with E-state index in [1.165, 1.54) is 13.4 Å². The number of hydrogen-bond donors (Lipinski definition) is 1. The van der Waals surface area contributed by atoms with Crippen molar-refractivity contribution in [3.05, 3.63) is 40.6 Å². The topological polar surface area (TPSA) is 46.5 Å². The van der Waals surface area contributed by atoms with Crippen LogP contribution in [-0.2, 0) is 14.9 Å². The smallest absolute Gasteiger partial charge is 0.339 e.